The monoisotopic (exact) mass is 416 g/mol. The van der Waals surface area contributed by atoms with E-state index < -0.39 is 0 Å². The van der Waals surface area contributed by atoms with E-state index in [0.29, 0.717) is 44.5 Å². The van der Waals surface area contributed by atoms with Crippen molar-refractivity contribution in [2.24, 2.45) is 0 Å². The number of nitrogens with zero attached hydrogens (tertiary/aromatic N) is 4. The fourth-order valence-corrected chi connectivity index (χ4v) is 4.25. The molecular weight excluding hydrogens is 388 g/mol. The van der Waals surface area contributed by atoms with Crippen LogP contribution in [0.15, 0.2) is 29.6 Å². The van der Waals surface area contributed by atoms with Crippen molar-refractivity contribution in [2.75, 3.05) is 44.8 Å². The highest BCUT2D eigenvalue weighted by Crippen LogP contribution is 2.31. The van der Waals surface area contributed by atoms with E-state index in [9.17, 15) is 9.59 Å². The highest BCUT2D eigenvalue weighted by atomic mass is 32.1. The SMILES string of the molecule is CCc1ccccc1N(C(C)=O)c1nc(CN(C)CC(=O)N2CCOCC2)cs1. The summed E-state index contributed by atoms with van der Waals surface area (Å²) in [5, 5.41) is 2.61. The number of para-hydroxylation sites is 1. The Hall–Kier alpha value is -2.29. The predicted molar refractivity (Wildman–Crippen MR) is 114 cm³/mol. The summed E-state index contributed by atoms with van der Waals surface area (Å²) in [4.78, 5) is 34.9. The van der Waals surface area contributed by atoms with E-state index in [0.717, 1.165) is 23.4 Å². The van der Waals surface area contributed by atoms with Gasteiger partial charge in [0.1, 0.15) is 0 Å². The Bertz CT molecular complexity index is 848. The Labute approximate surface area is 175 Å². The van der Waals surface area contributed by atoms with E-state index in [4.69, 9.17) is 4.74 Å². The molecule has 0 bridgehead atoms. The minimum atomic E-state index is -0.0670. The molecule has 29 heavy (non-hydrogen) atoms. The zero-order valence-corrected chi connectivity index (χ0v) is 18.1. The number of likely N-dealkylation sites (N-methyl/N-ethyl adjacent to an activating group) is 1. The van der Waals surface area contributed by atoms with Gasteiger partial charge < -0.3 is 9.64 Å². The van der Waals surface area contributed by atoms with Crippen molar-refractivity contribution in [3.05, 3.63) is 40.9 Å². The summed E-state index contributed by atoms with van der Waals surface area (Å²) >= 11 is 1.44. The number of aryl methyl sites for hydroxylation is 1. The third-order valence-electron chi connectivity index (χ3n) is 4.86. The molecule has 2 amide bonds. The third kappa shape index (κ3) is 5.41. The minimum Gasteiger partial charge on any atom is -0.378 e. The molecule has 0 unspecified atom stereocenters. The van der Waals surface area contributed by atoms with Gasteiger partial charge in [0, 0.05) is 31.9 Å². The molecule has 0 radical (unpaired) electrons. The number of carbonyl (C=O) groups is 2. The number of morpholine rings is 1. The Morgan fingerprint density at radius 2 is 1.97 bits per heavy atom. The average molecular weight is 417 g/mol. The third-order valence-corrected chi connectivity index (χ3v) is 5.73. The van der Waals surface area contributed by atoms with E-state index in [1.165, 1.54) is 11.3 Å². The molecule has 8 heteroatoms. The fraction of sp³-hybridized carbons (Fsp3) is 0.476. The van der Waals surface area contributed by atoms with Crippen molar-refractivity contribution in [3.8, 4) is 0 Å². The second kappa shape index (κ2) is 9.96. The first-order chi connectivity index (χ1) is 14.0. The van der Waals surface area contributed by atoms with Crippen LogP contribution >= 0.6 is 11.3 Å². The van der Waals surface area contributed by atoms with E-state index in [2.05, 4.69) is 11.9 Å². The second-order valence-electron chi connectivity index (χ2n) is 7.12. The summed E-state index contributed by atoms with van der Waals surface area (Å²) in [6, 6.07) is 7.90. The van der Waals surface area contributed by atoms with Crippen molar-refractivity contribution < 1.29 is 14.3 Å². The van der Waals surface area contributed by atoms with Gasteiger partial charge in [-0.15, -0.1) is 11.3 Å². The highest BCUT2D eigenvalue weighted by Gasteiger charge is 2.22. The van der Waals surface area contributed by atoms with Crippen LogP contribution in [0.3, 0.4) is 0 Å². The Morgan fingerprint density at radius 1 is 1.24 bits per heavy atom. The lowest BCUT2D eigenvalue weighted by Gasteiger charge is -2.28. The zero-order chi connectivity index (χ0) is 20.8. The zero-order valence-electron chi connectivity index (χ0n) is 17.3. The molecule has 0 N–H and O–H groups in total. The molecule has 1 saturated heterocycles. The summed E-state index contributed by atoms with van der Waals surface area (Å²) in [6.45, 7) is 7.02. The van der Waals surface area contributed by atoms with Crippen LogP contribution < -0.4 is 4.90 Å². The van der Waals surface area contributed by atoms with Crippen LogP contribution in [0.25, 0.3) is 0 Å². The van der Waals surface area contributed by atoms with Crippen molar-refractivity contribution >= 4 is 34.0 Å². The highest BCUT2D eigenvalue weighted by molar-refractivity contribution is 7.14. The van der Waals surface area contributed by atoms with E-state index in [-0.39, 0.29) is 11.8 Å². The van der Waals surface area contributed by atoms with Crippen LogP contribution in [0.4, 0.5) is 10.8 Å². The number of rotatable bonds is 7. The van der Waals surface area contributed by atoms with Crippen LogP contribution in [0.1, 0.15) is 25.1 Å². The first kappa shape index (κ1) is 21.4. The first-order valence-electron chi connectivity index (χ1n) is 9.86. The molecule has 2 aromatic rings. The van der Waals surface area contributed by atoms with E-state index in [1.807, 2.05) is 46.5 Å². The molecule has 0 atom stereocenters. The van der Waals surface area contributed by atoms with E-state index >= 15 is 0 Å². The van der Waals surface area contributed by atoms with Gasteiger partial charge in [-0.2, -0.15) is 0 Å². The van der Waals surface area contributed by atoms with Gasteiger partial charge in [0.2, 0.25) is 11.8 Å². The lowest BCUT2D eigenvalue weighted by molar-refractivity contribution is -0.136. The van der Waals surface area contributed by atoms with Gasteiger partial charge in [0.05, 0.1) is 31.1 Å². The van der Waals surface area contributed by atoms with Gasteiger partial charge in [-0.25, -0.2) is 4.98 Å². The molecule has 0 spiro atoms. The average Bonchev–Trinajstić information content (AvgIpc) is 3.16. The maximum atomic E-state index is 12.4. The van der Waals surface area contributed by atoms with Crippen LogP contribution in [0.2, 0.25) is 0 Å². The molecule has 1 fully saturated rings. The van der Waals surface area contributed by atoms with Crippen LogP contribution in [0, 0.1) is 0 Å². The number of thiazole rings is 1. The molecule has 0 aliphatic carbocycles. The largest absolute Gasteiger partial charge is 0.378 e. The van der Waals surface area contributed by atoms with Crippen LogP contribution in [0.5, 0.6) is 0 Å². The lowest BCUT2D eigenvalue weighted by Crippen LogP contribution is -2.44. The quantitative estimate of drug-likeness (QED) is 0.694. The van der Waals surface area contributed by atoms with Gasteiger partial charge in [0.25, 0.3) is 0 Å². The molecule has 156 valence electrons. The van der Waals surface area contributed by atoms with Gasteiger partial charge in [0.15, 0.2) is 5.13 Å². The number of benzene rings is 1. The number of carbonyl (C=O) groups excluding carboxylic acids is 2. The van der Waals surface area contributed by atoms with Gasteiger partial charge in [-0.05, 0) is 25.1 Å². The van der Waals surface area contributed by atoms with Gasteiger partial charge >= 0.3 is 0 Å². The van der Waals surface area contributed by atoms with E-state index in [1.54, 1.807) is 11.8 Å². The summed E-state index contributed by atoms with van der Waals surface area (Å²) in [6.07, 6.45) is 0.838. The van der Waals surface area contributed by atoms with Gasteiger partial charge in [-0.1, -0.05) is 25.1 Å². The smallest absolute Gasteiger partial charge is 0.236 e. The van der Waals surface area contributed by atoms with Crippen LogP contribution in [-0.4, -0.2) is 66.5 Å². The molecule has 1 aliphatic heterocycles. The minimum absolute atomic E-state index is 0.0670. The summed E-state index contributed by atoms with van der Waals surface area (Å²) in [7, 11) is 1.91. The maximum Gasteiger partial charge on any atom is 0.236 e. The van der Waals surface area contributed by atoms with Crippen molar-refractivity contribution in [3.63, 3.8) is 0 Å². The normalized spacial score (nSPS) is 14.3. The molecule has 1 aromatic carbocycles. The molecular formula is C21H28N4O3S. The fourth-order valence-electron chi connectivity index (χ4n) is 3.38. The van der Waals surface area contributed by atoms with Crippen LogP contribution in [-0.2, 0) is 27.3 Å². The van der Waals surface area contributed by atoms with Crippen molar-refractivity contribution in [2.45, 2.75) is 26.8 Å². The molecule has 0 saturated carbocycles. The second-order valence-corrected chi connectivity index (χ2v) is 7.96. The Kier molecular flexibility index (Phi) is 7.35. The molecule has 1 aromatic heterocycles. The lowest BCUT2D eigenvalue weighted by atomic mass is 10.1. The van der Waals surface area contributed by atoms with Gasteiger partial charge in [-0.3, -0.25) is 19.4 Å². The number of amides is 2. The molecule has 3 rings (SSSR count). The summed E-state index contributed by atoms with van der Waals surface area (Å²) < 4.78 is 5.30. The number of hydrogen-bond donors (Lipinski definition) is 0. The molecule has 1 aliphatic rings. The number of anilines is 2. The number of hydrogen-bond acceptors (Lipinski definition) is 6. The standard InChI is InChI=1S/C21H28N4O3S/c1-4-17-7-5-6-8-19(17)25(16(2)26)21-22-18(15-29-21)13-23(3)14-20(27)24-9-11-28-12-10-24/h5-8,15H,4,9-14H2,1-3H3. The molecule has 2 heterocycles. The van der Waals surface area contributed by atoms with Crippen molar-refractivity contribution in [1.29, 1.82) is 0 Å². The first-order valence-corrected chi connectivity index (χ1v) is 10.7. The summed E-state index contributed by atoms with van der Waals surface area (Å²) in [5.74, 6) is 0.0381. The Balaban J connectivity index is 1.68. The number of aromatic nitrogens is 1. The number of ether oxygens (including phenoxy) is 1. The molecule has 7 nitrogen and oxygen atoms in total. The van der Waals surface area contributed by atoms with Crippen molar-refractivity contribution in [1.82, 2.24) is 14.8 Å². The summed E-state index contributed by atoms with van der Waals surface area (Å²) in [5.41, 5.74) is 2.83. The predicted octanol–water partition coefficient (Wildman–Crippen LogP) is 2.68. The maximum absolute atomic E-state index is 12.4. The Morgan fingerprint density at radius 3 is 2.66 bits per heavy atom. The topological polar surface area (TPSA) is 66.0 Å².